The Labute approximate surface area is 145 Å². The van der Waals surface area contributed by atoms with Crippen molar-refractivity contribution in [3.05, 3.63) is 59.2 Å². The van der Waals surface area contributed by atoms with Crippen molar-refractivity contribution in [2.24, 2.45) is 5.73 Å². The van der Waals surface area contributed by atoms with Crippen LogP contribution in [0.25, 0.3) is 0 Å². The quantitative estimate of drug-likeness (QED) is 0.768. The molecule has 1 aliphatic rings. The van der Waals surface area contributed by atoms with Crippen molar-refractivity contribution in [1.29, 1.82) is 0 Å². The summed E-state index contributed by atoms with van der Waals surface area (Å²) in [6, 6.07) is 12.0. The first-order valence-corrected chi connectivity index (χ1v) is 7.91. The molecule has 130 valence electrons. The van der Waals surface area contributed by atoms with Crippen LogP contribution in [0.4, 0.5) is 4.79 Å². The molecule has 2 aromatic rings. The molecule has 7 nitrogen and oxygen atoms in total. The molecule has 3 rings (SSSR count). The van der Waals surface area contributed by atoms with Gasteiger partial charge in [0.25, 0.3) is 5.91 Å². The van der Waals surface area contributed by atoms with Gasteiger partial charge in [0.1, 0.15) is 13.2 Å². The zero-order valence-electron chi connectivity index (χ0n) is 13.6. The van der Waals surface area contributed by atoms with E-state index in [4.69, 9.17) is 15.2 Å². The summed E-state index contributed by atoms with van der Waals surface area (Å²) >= 11 is 0. The van der Waals surface area contributed by atoms with Gasteiger partial charge in [0.2, 0.25) is 0 Å². The first-order valence-electron chi connectivity index (χ1n) is 7.91. The fourth-order valence-electron chi connectivity index (χ4n) is 2.45. The number of carbonyl (C=O) groups excluding carboxylic acids is 2. The average Bonchev–Trinajstić information content (AvgIpc) is 2.64. The Morgan fingerprint density at radius 3 is 2.24 bits per heavy atom. The number of urea groups is 1. The number of carbonyl (C=O) groups is 2. The van der Waals surface area contributed by atoms with Crippen LogP contribution in [-0.2, 0) is 13.1 Å². The molecule has 0 fully saturated rings. The van der Waals surface area contributed by atoms with Gasteiger partial charge in [-0.15, -0.1) is 0 Å². The number of fused-ring (bicyclic) bond motifs is 1. The molecule has 0 saturated heterocycles. The number of rotatable bonds is 5. The van der Waals surface area contributed by atoms with E-state index in [2.05, 4.69) is 10.6 Å². The zero-order chi connectivity index (χ0) is 17.6. The molecule has 25 heavy (non-hydrogen) atoms. The monoisotopic (exact) mass is 341 g/mol. The van der Waals surface area contributed by atoms with Crippen molar-refractivity contribution in [1.82, 2.24) is 10.6 Å². The Morgan fingerprint density at radius 1 is 0.880 bits per heavy atom. The predicted octanol–water partition coefficient (Wildman–Crippen LogP) is 1.56. The molecule has 0 radical (unpaired) electrons. The first-order chi connectivity index (χ1) is 12.1. The van der Waals surface area contributed by atoms with E-state index in [1.54, 1.807) is 24.3 Å². The molecule has 1 aliphatic heterocycles. The Morgan fingerprint density at radius 2 is 1.52 bits per heavy atom. The number of ether oxygens (including phenoxy) is 2. The lowest BCUT2D eigenvalue weighted by molar-refractivity contribution is 0.0950. The Balaban J connectivity index is 1.56. The SMILES string of the molecule is NC(=O)NCc1ccc(C(=O)NCc2ccc3c(c2)OCCO3)cc1. The summed E-state index contributed by atoms with van der Waals surface area (Å²) in [5, 5.41) is 5.36. The number of nitrogens with one attached hydrogen (secondary N) is 2. The van der Waals surface area contributed by atoms with Gasteiger partial charge in [-0.05, 0) is 35.4 Å². The van der Waals surface area contributed by atoms with Crippen molar-refractivity contribution in [2.75, 3.05) is 13.2 Å². The third kappa shape index (κ3) is 4.41. The molecular formula is C18H19N3O4. The van der Waals surface area contributed by atoms with E-state index in [0.717, 1.165) is 16.9 Å². The fourth-order valence-corrected chi connectivity index (χ4v) is 2.45. The number of amides is 3. The standard InChI is InChI=1S/C18H19N3O4/c19-18(23)21-10-12-1-4-14(5-2-12)17(22)20-11-13-3-6-15-16(9-13)25-8-7-24-15/h1-6,9H,7-8,10-11H2,(H,20,22)(H3,19,21,23). The lowest BCUT2D eigenvalue weighted by Gasteiger charge is -2.19. The van der Waals surface area contributed by atoms with Crippen LogP contribution in [0.1, 0.15) is 21.5 Å². The van der Waals surface area contributed by atoms with E-state index in [1.807, 2.05) is 18.2 Å². The third-order valence-corrected chi connectivity index (χ3v) is 3.74. The molecule has 0 unspecified atom stereocenters. The topological polar surface area (TPSA) is 103 Å². The summed E-state index contributed by atoms with van der Waals surface area (Å²) in [6.07, 6.45) is 0. The van der Waals surface area contributed by atoms with E-state index in [-0.39, 0.29) is 5.91 Å². The average molecular weight is 341 g/mol. The van der Waals surface area contributed by atoms with E-state index >= 15 is 0 Å². The van der Waals surface area contributed by atoms with E-state index in [0.29, 0.717) is 37.6 Å². The van der Waals surface area contributed by atoms with Crippen LogP contribution in [0.5, 0.6) is 11.5 Å². The van der Waals surface area contributed by atoms with Crippen molar-refractivity contribution in [2.45, 2.75) is 13.1 Å². The summed E-state index contributed by atoms with van der Waals surface area (Å²) in [4.78, 5) is 22.9. The fraction of sp³-hybridized carbons (Fsp3) is 0.222. The van der Waals surface area contributed by atoms with E-state index in [9.17, 15) is 9.59 Å². The van der Waals surface area contributed by atoms with Gasteiger partial charge < -0.3 is 25.8 Å². The van der Waals surface area contributed by atoms with Crippen LogP contribution in [0, 0.1) is 0 Å². The van der Waals surface area contributed by atoms with Gasteiger partial charge in [0.15, 0.2) is 11.5 Å². The molecule has 3 amide bonds. The molecule has 0 aromatic heterocycles. The molecule has 1 heterocycles. The van der Waals surface area contributed by atoms with Gasteiger partial charge in [0.05, 0.1) is 0 Å². The summed E-state index contributed by atoms with van der Waals surface area (Å²) < 4.78 is 11.0. The Kier molecular flexibility index (Phi) is 5.03. The van der Waals surface area contributed by atoms with Crippen LogP contribution in [0.3, 0.4) is 0 Å². The molecule has 0 spiro atoms. The molecule has 4 N–H and O–H groups in total. The number of benzene rings is 2. The summed E-state index contributed by atoms with van der Waals surface area (Å²) in [5.74, 6) is 1.25. The van der Waals surface area contributed by atoms with Gasteiger partial charge in [-0.2, -0.15) is 0 Å². The van der Waals surface area contributed by atoms with Gasteiger partial charge in [-0.3, -0.25) is 4.79 Å². The van der Waals surface area contributed by atoms with Crippen LogP contribution < -0.4 is 25.8 Å². The number of nitrogens with two attached hydrogens (primary N) is 1. The van der Waals surface area contributed by atoms with Crippen LogP contribution in [0.2, 0.25) is 0 Å². The highest BCUT2D eigenvalue weighted by molar-refractivity contribution is 5.94. The van der Waals surface area contributed by atoms with Crippen molar-refractivity contribution in [3.8, 4) is 11.5 Å². The lowest BCUT2D eigenvalue weighted by atomic mass is 10.1. The van der Waals surface area contributed by atoms with Crippen LogP contribution >= 0.6 is 0 Å². The maximum atomic E-state index is 12.2. The van der Waals surface area contributed by atoms with Crippen molar-refractivity contribution >= 4 is 11.9 Å². The highest BCUT2D eigenvalue weighted by Gasteiger charge is 2.12. The Hall–Kier alpha value is -3.22. The van der Waals surface area contributed by atoms with E-state index in [1.165, 1.54) is 0 Å². The number of primary amides is 1. The second kappa shape index (κ2) is 7.57. The maximum absolute atomic E-state index is 12.2. The van der Waals surface area contributed by atoms with Crippen molar-refractivity contribution < 1.29 is 19.1 Å². The normalized spacial score (nSPS) is 12.3. The van der Waals surface area contributed by atoms with Gasteiger partial charge >= 0.3 is 6.03 Å². The maximum Gasteiger partial charge on any atom is 0.312 e. The smallest absolute Gasteiger partial charge is 0.312 e. The summed E-state index contributed by atoms with van der Waals surface area (Å²) in [6.45, 7) is 1.79. The molecule has 0 aliphatic carbocycles. The largest absolute Gasteiger partial charge is 0.486 e. The van der Waals surface area contributed by atoms with Crippen LogP contribution in [0.15, 0.2) is 42.5 Å². The highest BCUT2D eigenvalue weighted by Crippen LogP contribution is 2.30. The molecule has 0 saturated carbocycles. The molecule has 0 atom stereocenters. The van der Waals surface area contributed by atoms with Gasteiger partial charge in [-0.1, -0.05) is 18.2 Å². The van der Waals surface area contributed by atoms with E-state index < -0.39 is 6.03 Å². The summed E-state index contributed by atoms with van der Waals surface area (Å²) in [7, 11) is 0. The molecule has 0 bridgehead atoms. The minimum absolute atomic E-state index is 0.177. The minimum Gasteiger partial charge on any atom is -0.486 e. The van der Waals surface area contributed by atoms with Crippen LogP contribution in [-0.4, -0.2) is 25.2 Å². The molecular weight excluding hydrogens is 322 g/mol. The first kappa shape index (κ1) is 16.6. The van der Waals surface area contributed by atoms with Crippen molar-refractivity contribution in [3.63, 3.8) is 0 Å². The third-order valence-electron chi connectivity index (χ3n) is 3.74. The highest BCUT2D eigenvalue weighted by atomic mass is 16.6. The number of hydrogen-bond donors (Lipinski definition) is 3. The van der Waals surface area contributed by atoms with Gasteiger partial charge in [-0.25, -0.2) is 4.79 Å². The predicted molar refractivity (Wildman–Crippen MR) is 91.5 cm³/mol. The Bertz CT molecular complexity index is 774. The second-order valence-corrected chi connectivity index (χ2v) is 5.58. The molecule has 7 heteroatoms. The number of hydrogen-bond acceptors (Lipinski definition) is 4. The lowest BCUT2D eigenvalue weighted by Crippen LogP contribution is -2.28. The molecule has 2 aromatic carbocycles. The zero-order valence-corrected chi connectivity index (χ0v) is 13.6. The summed E-state index contributed by atoms with van der Waals surface area (Å²) in [5.41, 5.74) is 7.36. The van der Waals surface area contributed by atoms with Gasteiger partial charge in [0, 0.05) is 18.7 Å². The second-order valence-electron chi connectivity index (χ2n) is 5.58. The minimum atomic E-state index is -0.582.